The third kappa shape index (κ3) is 4.86. The van der Waals surface area contributed by atoms with E-state index in [4.69, 9.17) is 4.74 Å². The third-order valence-corrected chi connectivity index (χ3v) is 7.34. The van der Waals surface area contributed by atoms with Crippen molar-refractivity contribution in [1.82, 2.24) is 0 Å². The second kappa shape index (κ2) is 10.3. The van der Waals surface area contributed by atoms with Crippen LogP contribution in [0.3, 0.4) is 0 Å². The summed E-state index contributed by atoms with van der Waals surface area (Å²) in [5.74, 6) is 0.226. The number of anilines is 2. The summed E-state index contributed by atoms with van der Waals surface area (Å²) in [6, 6.07) is 20.1. The summed E-state index contributed by atoms with van der Waals surface area (Å²) in [7, 11) is 0. The summed E-state index contributed by atoms with van der Waals surface area (Å²) in [4.78, 5) is 40.9. The molecule has 1 N–H and O–H groups in total. The highest BCUT2D eigenvalue weighted by Crippen LogP contribution is 2.40. The molecule has 0 bridgehead atoms. The highest BCUT2D eigenvalue weighted by Gasteiger charge is 2.49. The smallest absolute Gasteiger partial charge is 0.257 e. The standard InChI is InChI=1S/C32H32N2O4/c1-19(2)24-15-9-21(4)18-29(24)38-23-13-11-22(12-14-23)33-30(35)26-7-5-6-8-28(26)34-31(36)25-16-10-20(3)17-27(25)32(34)37/h5-15,18-19,25,27H,16-17H2,1-4H3,(H,33,35)/t25-,27-/m0/s1. The zero-order chi connectivity index (χ0) is 27.0. The van der Waals surface area contributed by atoms with Crippen LogP contribution in [0.5, 0.6) is 11.5 Å². The predicted octanol–water partition coefficient (Wildman–Crippen LogP) is 7.01. The number of benzene rings is 3. The number of allylic oxidation sites excluding steroid dienone is 2. The van der Waals surface area contributed by atoms with E-state index in [9.17, 15) is 14.4 Å². The molecular weight excluding hydrogens is 476 g/mol. The van der Waals surface area contributed by atoms with Gasteiger partial charge in [-0.05, 0) is 86.2 Å². The summed E-state index contributed by atoms with van der Waals surface area (Å²) in [5, 5.41) is 2.90. The number of ether oxygens (including phenoxy) is 1. The van der Waals surface area contributed by atoms with Gasteiger partial charge in [-0.15, -0.1) is 0 Å². The Labute approximate surface area is 223 Å². The normalized spacial score (nSPS) is 18.9. The van der Waals surface area contributed by atoms with Crippen LogP contribution in [0.2, 0.25) is 0 Å². The van der Waals surface area contributed by atoms with Gasteiger partial charge in [-0.25, -0.2) is 4.90 Å². The zero-order valence-corrected chi connectivity index (χ0v) is 22.2. The average Bonchev–Trinajstić information content (AvgIpc) is 3.13. The van der Waals surface area contributed by atoms with E-state index in [1.54, 1.807) is 36.4 Å². The summed E-state index contributed by atoms with van der Waals surface area (Å²) in [5.41, 5.74) is 4.55. The monoisotopic (exact) mass is 508 g/mol. The number of fused-ring (bicyclic) bond motifs is 1. The summed E-state index contributed by atoms with van der Waals surface area (Å²) in [6.07, 6.45) is 3.17. The molecule has 0 spiro atoms. The highest BCUT2D eigenvalue weighted by atomic mass is 16.5. The average molecular weight is 509 g/mol. The van der Waals surface area contributed by atoms with Crippen molar-refractivity contribution in [2.75, 3.05) is 10.2 Å². The van der Waals surface area contributed by atoms with Gasteiger partial charge in [-0.2, -0.15) is 0 Å². The maximum atomic E-state index is 13.3. The lowest BCUT2D eigenvalue weighted by Crippen LogP contribution is -2.33. The lowest BCUT2D eigenvalue weighted by atomic mass is 9.82. The first-order chi connectivity index (χ1) is 18.2. The van der Waals surface area contributed by atoms with Crippen molar-refractivity contribution in [3.8, 4) is 11.5 Å². The van der Waals surface area contributed by atoms with Crippen molar-refractivity contribution in [3.63, 3.8) is 0 Å². The molecule has 3 aromatic carbocycles. The molecule has 0 radical (unpaired) electrons. The second-order valence-corrected chi connectivity index (χ2v) is 10.5. The zero-order valence-electron chi connectivity index (χ0n) is 22.2. The minimum absolute atomic E-state index is 0.230. The molecule has 3 aromatic rings. The topological polar surface area (TPSA) is 75.7 Å². The van der Waals surface area contributed by atoms with E-state index in [1.807, 2.05) is 38.1 Å². The van der Waals surface area contributed by atoms with Gasteiger partial charge >= 0.3 is 0 Å². The fourth-order valence-corrected chi connectivity index (χ4v) is 5.27. The number of carbonyl (C=O) groups is 3. The van der Waals surface area contributed by atoms with Gasteiger partial charge in [0.15, 0.2) is 0 Å². The fourth-order valence-electron chi connectivity index (χ4n) is 5.27. The molecule has 0 aromatic heterocycles. The van der Waals surface area contributed by atoms with E-state index >= 15 is 0 Å². The second-order valence-electron chi connectivity index (χ2n) is 10.5. The van der Waals surface area contributed by atoms with Gasteiger partial charge in [0.05, 0.1) is 23.1 Å². The summed E-state index contributed by atoms with van der Waals surface area (Å²) in [6.45, 7) is 8.27. The van der Waals surface area contributed by atoms with Gasteiger partial charge < -0.3 is 10.1 Å². The Morgan fingerprint density at radius 3 is 2.39 bits per heavy atom. The molecule has 6 nitrogen and oxygen atoms in total. The molecule has 2 atom stereocenters. The number of para-hydroxylation sites is 1. The van der Waals surface area contributed by atoms with E-state index in [0.717, 1.165) is 22.4 Å². The Morgan fingerprint density at radius 2 is 1.66 bits per heavy atom. The van der Waals surface area contributed by atoms with Gasteiger partial charge in [0, 0.05) is 5.69 Å². The minimum atomic E-state index is -0.389. The molecule has 6 heteroatoms. The first-order valence-corrected chi connectivity index (χ1v) is 13.0. The number of carbonyl (C=O) groups excluding carboxylic acids is 3. The minimum Gasteiger partial charge on any atom is -0.457 e. The number of hydrogen-bond acceptors (Lipinski definition) is 4. The van der Waals surface area contributed by atoms with Crippen molar-refractivity contribution in [2.24, 2.45) is 11.8 Å². The van der Waals surface area contributed by atoms with E-state index in [-0.39, 0.29) is 35.1 Å². The van der Waals surface area contributed by atoms with Crippen LogP contribution in [0.4, 0.5) is 11.4 Å². The highest BCUT2D eigenvalue weighted by molar-refractivity contribution is 6.25. The van der Waals surface area contributed by atoms with E-state index in [1.165, 1.54) is 4.90 Å². The Balaban J connectivity index is 1.33. The molecule has 5 rings (SSSR count). The number of nitrogens with zero attached hydrogens (tertiary/aromatic N) is 1. The van der Waals surface area contributed by atoms with Gasteiger partial charge in [-0.3, -0.25) is 14.4 Å². The van der Waals surface area contributed by atoms with Crippen LogP contribution in [-0.2, 0) is 9.59 Å². The number of hydrogen-bond donors (Lipinski definition) is 1. The lowest BCUT2D eigenvalue weighted by Gasteiger charge is -2.19. The molecule has 1 aliphatic carbocycles. The fraction of sp³-hybridized carbons (Fsp3) is 0.281. The van der Waals surface area contributed by atoms with Crippen molar-refractivity contribution in [3.05, 3.63) is 95.1 Å². The van der Waals surface area contributed by atoms with E-state index in [0.29, 0.717) is 35.9 Å². The van der Waals surface area contributed by atoms with Crippen LogP contribution >= 0.6 is 0 Å². The first-order valence-electron chi connectivity index (χ1n) is 13.0. The quantitative estimate of drug-likeness (QED) is 0.287. The number of rotatable bonds is 6. The van der Waals surface area contributed by atoms with Crippen LogP contribution in [0, 0.1) is 18.8 Å². The van der Waals surface area contributed by atoms with Crippen LogP contribution in [0.1, 0.15) is 61.0 Å². The molecule has 1 fully saturated rings. The molecular formula is C32H32N2O4. The third-order valence-electron chi connectivity index (χ3n) is 7.34. The molecule has 194 valence electrons. The molecule has 0 saturated carbocycles. The largest absolute Gasteiger partial charge is 0.457 e. The van der Waals surface area contributed by atoms with Crippen molar-refractivity contribution in [2.45, 2.75) is 46.5 Å². The molecule has 38 heavy (non-hydrogen) atoms. The van der Waals surface area contributed by atoms with Crippen LogP contribution in [0.15, 0.2) is 78.4 Å². The molecule has 3 amide bonds. The Hall–Kier alpha value is -4.19. The van der Waals surface area contributed by atoms with Gasteiger partial charge in [0.2, 0.25) is 11.8 Å². The molecule has 2 aliphatic rings. The van der Waals surface area contributed by atoms with Gasteiger partial charge in [0.1, 0.15) is 11.5 Å². The maximum Gasteiger partial charge on any atom is 0.257 e. The van der Waals surface area contributed by atoms with Crippen LogP contribution in [-0.4, -0.2) is 17.7 Å². The molecule has 1 heterocycles. The number of amides is 3. The Morgan fingerprint density at radius 1 is 0.947 bits per heavy atom. The number of nitrogens with one attached hydrogen (secondary N) is 1. The Bertz CT molecular complexity index is 1440. The van der Waals surface area contributed by atoms with Crippen LogP contribution < -0.4 is 15.0 Å². The van der Waals surface area contributed by atoms with Crippen molar-refractivity contribution < 1.29 is 19.1 Å². The number of aryl methyl sites for hydroxylation is 1. The maximum absolute atomic E-state index is 13.3. The number of imide groups is 1. The molecule has 1 saturated heterocycles. The predicted molar refractivity (Wildman–Crippen MR) is 149 cm³/mol. The molecule has 1 aliphatic heterocycles. The SMILES string of the molecule is CC1=CC[C@@H]2C(=O)N(c3ccccc3C(=O)Nc3ccc(Oc4cc(C)ccc4C(C)C)cc3)C(=O)[C@H]2C1. The summed E-state index contributed by atoms with van der Waals surface area (Å²) < 4.78 is 6.16. The van der Waals surface area contributed by atoms with Crippen molar-refractivity contribution >= 4 is 29.1 Å². The summed E-state index contributed by atoms with van der Waals surface area (Å²) >= 11 is 0. The van der Waals surface area contributed by atoms with Crippen molar-refractivity contribution in [1.29, 1.82) is 0 Å². The first kappa shape index (κ1) is 25.5. The molecule has 0 unspecified atom stereocenters. The van der Waals surface area contributed by atoms with E-state index < -0.39 is 0 Å². The lowest BCUT2D eigenvalue weighted by molar-refractivity contribution is -0.122. The van der Waals surface area contributed by atoms with Crippen LogP contribution in [0.25, 0.3) is 0 Å². The van der Waals surface area contributed by atoms with Gasteiger partial charge in [0.25, 0.3) is 5.91 Å². The Kier molecular flexibility index (Phi) is 6.89. The van der Waals surface area contributed by atoms with E-state index in [2.05, 4.69) is 31.3 Å². The van der Waals surface area contributed by atoms with Gasteiger partial charge in [-0.1, -0.05) is 49.8 Å².